The highest BCUT2D eigenvalue weighted by molar-refractivity contribution is 6.02. The van der Waals surface area contributed by atoms with Crippen molar-refractivity contribution in [2.75, 3.05) is 24.9 Å². The Hall–Kier alpha value is -3.42. The summed E-state index contributed by atoms with van der Waals surface area (Å²) < 4.78 is 22.8. The van der Waals surface area contributed by atoms with E-state index in [2.05, 4.69) is 20.1 Å². The van der Waals surface area contributed by atoms with E-state index in [-0.39, 0.29) is 22.5 Å². The maximum absolute atomic E-state index is 13.6. The molecule has 2 aromatic rings. The predicted octanol–water partition coefficient (Wildman–Crippen LogP) is 3.04. The first-order valence-corrected chi connectivity index (χ1v) is 7.09. The fraction of sp³-hybridized carbons (Fsp3) is 0.118. The second-order valence-corrected chi connectivity index (χ2v) is 4.84. The summed E-state index contributed by atoms with van der Waals surface area (Å²) in [4.78, 5) is 35.4. The molecule has 0 unspecified atom stereocenters. The van der Waals surface area contributed by atoms with Crippen LogP contribution >= 0.6 is 0 Å². The third-order valence-electron chi connectivity index (χ3n) is 3.16. The van der Waals surface area contributed by atoms with Gasteiger partial charge in [0.05, 0.1) is 31.0 Å². The number of halogens is 1. The van der Waals surface area contributed by atoms with Crippen molar-refractivity contribution in [3.63, 3.8) is 0 Å². The number of rotatable bonds is 4. The van der Waals surface area contributed by atoms with Gasteiger partial charge in [0, 0.05) is 5.69 Å². The van der Waals surface area contributed by atoms with Gasteiger partial charge in [-0.25, -0.2) is 18.8 Å². The monoisotopic (exact) mass is 346 g/mol. The van der Waals surface area contributed by atoms with Crippen LogP contribution in [0.2, 0.25) is 0 Å². The zero-order chi connectivity index (χ0) is 18.4. The van der Waals surface area contributed by atoms with Crippen molar-refractivity contribution in [3.05, 3.63) is 59.4 Å². The van der Waals surface area contributed by atoms with Crippen LogP contribution in [0.5, 0.6) is 0 Å². The number of para-hydroxylation sites is 1. The molecule has 0 aliphatic heterocycles. The molecule has 0 bridgehead atoms. The summed E-state index contributed by atoms with van der Waals surface area (Å²) in [6.07, 6.45) is 0. The highest BCUT2D eigenvalue weighted by Gasteiger charge is 2.15. The topological polar surface area (TPSA) is 93.7 Å². The van der Waals surface area contributed by atoms with Gasteiger partial charge in [0.2, 0.25) is 0 Å². The molecule has 0 fully saturated rings. The molecule has 0 atom stereocenters. The molecule has 0 spiro atoms. The number of nitrogens with one attached hydrogen (secondary N) is 2. The number of anilines is 2. The molecule has 2 amide bonds. The van der Waals surface area contributed by atoms with Crippen molar-refractivity contribution < 1.29 is 28.2 Å². The average molecular weight is 346 g/mol. The molecule has 0 heterocycles. The standard InChI is InChI=1S/C17H15FN2O5/c1-24-15(21)10-7-11(16(22)25-2)9-12(8-10)19-17(23)20-14-6-4-3-5-13(14)18/h3-9H,1-2H3,(H2,19,20,23). The van der Waals surface area contributed by atoms with E-state index in [0.717, 1.165) is 0 Å². The summed E-state index contributed by atoms with van der Waals surface area (Å²) in [6, 6.07) is 8.80. The van der Waals surface area contributed by atoms with Crippen molar-refractivity contribution >= 4 is 29.3 Å². The molecule has 8 heteroatoms. The smallest absolute Gasteiger partial charge is 0.337 e. The molecule has 25 heavy (non-hydrogen) atoms. The maximum atomic E-state index is 13.6. The van der Waals surface area contributed by atoms with Gasteiger partial charge in [-0.1, -0.05) is 12.1 Å². The van der Waals surface area contributed by atoms with Crippen LogP contribution < -0.4 is 10.6 Å². The molecule has 7 nitrogen and oxygen atoms in total. The average Bonchev–Trinajstić information content (AvgIpc) is 2.61. The van der Waals surface area contributed by atoms with Crippen LogP contribution in [-0.4, -0.2) is 32.2 Å². The van der Waals surface area contributed by atoms with Gasteiger partial charge in [-0.3, -0.25) is 0 Å². The fourth-order valence-corrected chi connectivity index (χ4v) is 2.02. The fourth-order valence-electron chi connectivity index (χ4n) is 2.02. The third-order valence-corrected chi connectivity index (χ3v) is 3.16. The first-order valence-electron chi connectivity index (χ1n) is 7.09. The molecule has 0 saturated heterocycles. The summed E-state index contributed by atoms with van der Waals surface area (Å²) in [5.74, 6) is -1.98. The number of esters is 2. The van der Waals surface area contributed by atoms with E-state index < -0.39 is 23.8 Å². The summed E-state index contributed by atoms with van der Waals surface area (Å²) >= 11 is 0. The number of urea groups is 1. The summed E-state index contributed by atoms with van der Waals surface area (Å²) in [5, 5.41) is 4.75. The van der Waals surface area contributed by atoms with Crippen molar-refractivity contribution in [1.82, 2.24) is 0 Å². The van der Waals surface area contributed by atoms with E-state index in [1.807, 2.05) is 0 Å². The van der Waals surface area contributed by atoms with Crippen LogP contribution in [0.3, 0.4) is 0 Å². The first-order chi connectivity index (χ1) is 11.9. The lowest BCUT2D eigenvalue weighted by Crippen LogP contribution is -2.20. The normalized spacial score (nSPS) is 9.88. The number of benzene rings is 2. The Kier molecular flexibility index (Phi) is 5.67. The Labute approximate surface area is 142 Å². The summed E-state index contributed by atoms with van der Waals surface area (Å²) in [5.41, 5.74) is 0.215. The number of carbonyl (C=O) groups excluding carboxylic acids is 3. The van der Waals surface area contributed by atoms with Crippen molar-refractivity contribution in [1.29, 1.82) is 0 Å². The molecule has 2 N–H and O–H groups in total. The van der Waals surface area contributed by atoms with Crippen LogP contribution in [0.1, 0.15) is 20.7 Å². The minimum atomic E-state index is -0.747. The minimum Gasteiger partial charge on any atom is -0.465 e. The Morgan fingerprint density at radius 1 is 0.880 bits per heavy atom. The lowest BCUT2D eigenvalue weighted by Gasteiger charge is -2.11. The van der Waals surface area contributed by atoms with E-state index in [4.69, 9.17) is 0 Å². The van der Waals surface area contributed by atoms with Gasteiger partial charge in [0.1, 0.15) is 5.82 Å². The Morgan fingerprint density at radius 3 is 1.96 bits per heavy atom. The van der Waals surface area contributed by atoms with Crippen LogP contribution in [0.15, 0.2) is 42.5 Å². The van der Waals surface area contributed by atoms with Gasteiger partial charge in [0.25, 0.3) is 0 Å². The number of carbonyl (C=O) groups is 3. The van der Waals surface area contributed by atoms with E-state index in [1.165, 1.54) is 50.6 Å². The van der Waals surface area contributed by atoms with E-state index in [0.29, 0.717) is 0 Å². The number of hydrogen-bond donors (Lipinski definition) is 2. The zero-order valence-electron chi connectivity index (χ0n) is 13.5. The second-order valence-electron chi connectivity index (χ2n) is 4.84. The van der Waals surface area contributed by atoms with Crippen LogP contribution in [-0.2, 0) is 9.47 Å². The number of hydrogen-bond acceptors (Lipinski definition) is 5. The molecule has 0 aromatic heterocycles. The Bertz CT molecular complexity index is 788. The van der Waals surface area contributed by atoms with Crippen molar-refractivity contribution in [2.24, 2.45) is 0 Å². The molecule has 130 valence electrons. The van der Waals surface area contributed by atoms with Crippen LogP contribution in [0, 0.1) is 5.82 Å². The predicted molar refractivity (Wildman–Crippen MR) is 88.2 cm³/mol. The SMILES string of the molecule is COC(=O)c1cc(NC(=O)Nc2ccccc2F)cc(C(=O)OC)c1. The molecule has 0 aliphatic carbocycles. The van der Waals surface area contributed by atoms with Gasteiger partial charge < -0.3 is 20.1 Å². The molecule has 2 rings (SSSR count). The number of methoxy groups -OCH3 is 2. The van der Waals surface area contributed by atoms with E-state index >= 15 is 0 Å². The molecule has 0 radical (unpaired) electrons. The van der Waals surface area contributed by atoms with Crippen LogP contribution in [0.4, 0.5) is 20.6 Å². The van der Waals surface area contributed by atoms with E-state index in [9.17, 15) is 18.8 Å². The lowest BCUT2D eigenvalue weighted by molar-refractivity contribution is 0.0599. The Morgan fingerprint density at radius 2 is 1.44 bits per heavy atom. The largest absolute Gasteiger partial charge is 0.465 e. The van der Waals surface area contributed by atoms with Gasteiger partial charge >= 0.3 is 18.0 Å². The van der Waals surface area contributed by atoms with Crippen molar-refractivity contribution in [3.8, 4) is 0 Å². The molecule has 0 aliphatic rings. The molecule has 2 aromatic carbocycles. The molecular formula is C17H15FN2O5. The first kappa shape index (κ1) is 17.9. The zero-order valence-corrected chi connectivity index (χ0v) is 13.5. The van der Waals surface area contributed by atoms with Crippen molar-refractivity contribution in [2.45, 2.75) is 0 Å². The third kappa shape index (κ3) is 4.54. The molecular weight excluding hydrogens is 331 g/mol. The van der Waals surface area contributed by atoms with Gasteiger partial charge in [-0.15, -0.1) is 0 Å². The second kappa shape index (κ2) is 7.91. The maximum Gasteiger partial charge on any atom is 0.337 e. The minimum absolute atomic E-state index is 0.0164. The van der Waals surface area contributed by atoms with E-state index in [1.54, 1.807) is 6.07 Å². The highest BCUT2D eigenvalue weighted by Crippen LogP contribution is 2.18. The van der Waals surface area contributed by atoms with Gasteiger partial charge in [-0.05, 0) is 30.3 Å². The summed E-state index contributed by atoms with van der Waals surface area (Å²) in [6.45, 7) is 0. The molecule has 0 saturated carbocycles. The van der Waals surface area contributed by atoms with Crippen LogP contribution in [0.25, 0.3) is 0 Å². The lowest BCUT2D eigenvalue weighted by atomic mass is 10.1. The quantitative estimate of drug-likeness (QED) is 0.830. The highest BCUT2D eigenvalue weighted by atomic mass is 19.1. The number of ether oxygens (including phenoxy) is 2. The van der Waals surface area contributed by atoms with Gasteiger partial charge in [-0.2, -0.15) is 0 Å². The number of amides is 2. The Balaban J connectivity index is 2.25. The summed E-state index contributed by atoms with van der Waals surface area (Å²) in [7, 11) is 2.37. The van der Waals surface area contributed by atoms with Gasteiger partial charge in [0.15, 0.2) is 0 Å².